The van der Waals surface area contributed by atoms with Gasteiger partial charge in [-0.15, -0.1) is 11.3 Å². The highest BCUT2D eigenvalue weighted by molar-refractivity contribution is 7.17. The number of anilines is 1. The van der Waals surface area contributed by atoms with E-state index in [0.29, 0.717) is 38.9 Å². The summed E-state index contributed by atoms with van der Waals surface area (Å²) in [5.41, 5.74) is 9.38. The molecule has 1 aliphatic rings. The molecule has 0 saturated heterocycles. The van der Waals surface area contributed by atoms with Crippen LogP contribution in [0.5, 0.6) is 11.5 Å². The number of hydrogen-bond donors (Lipinski definition) is 2. The molecule has 9 nitrogen and oxygen atoms in total. The van der Waals surface area contributed by atoms with Crippen LogP contribution < -0.4 is 20.5 Å². The smallest absolute Gasteiger partial charge is 0.266 e. The van der Waals surface area contributed by atoms with Crippen molar-refractivity contribution in [2.24, 2.45) is 5.73 Å². The van der Waals surface area contributed by atoms with Gasteiger partial charge in [-0.1, -0.05) is 18.2 Å². The minimum absolute atomic E-state index is 0.142. The number of nitrogens with one attached hydrogen (secondary N) is 1. The van der Waals surface area contributed by atoms with Crippen LogP contribution in [0, 0.1) is 11.3 Å². The van der Waals surface area contributed by atoms with Crippen molar-refractivity contribution in [3.63, 3.8) is 0 Å². The van der Waals surface area contributed by atoms with Gasteiger partial charge in [-0.05, 0) is 67.7 Å². The second-order valence-corrected chi connectivity index (χ2v) is 10.3. The van der Waals surface area contributed by atoms with Gasteiger partial charge in [-0.25, -0.2) is 4.68 Å². The van der Waals surface area contributed by atoms with Crippen molar-refractivity contribution in [1.82, 2.24) is 9.78 Å². The number of carbonyl (C=O) groups is 2. The first-order valence-electron chi connectivity index (χ1n) is 12.7. The highest BCUT2D eigenvalue weighted by Gasteiger charge is 2.26. The summed E-state index contributed by atoms with van der Waals surface area (Å²) in [6.45, 7) is 0. The Hall–Kier alpha value is -4.88. The Morgan fingerprint density at radius 3 is 2.55 bits per heavy atom. The van der Waals surface area contributed by atoms with Gasteiger partial charge in [-0.2, -0.15) is 10.4 Å². The summed E-state index contributed by atoms with van der Waals surface area (Å²) in [5, 5.41) is 17.9. The molecule has 202 valence electrons. The molecule has 0 spiro atoms. The monoisotopic (exact) mass is 553 g/mol. The standard InChI is InChI=1S/C30H27N5O4S/c1-38-23-13-12-18(15-24(23)39-2)27-20(17-35(34-27)21-8-4-3-5-9-21)14-19(16-31)29(37)33-30-26(28(32)36)22-10-6-7-11-25(22)40-30/h3-5,8-9,12-15,17H,6-7,10-11H2,1-2H3,(H2,32,36)(H,33,37). The third kappa shape index (κ3) is 5.19. The Balaban J connectivity index is 1.56. The summed E-state index contributed by atoms with van der Waals surface area (Å²) in [6, 6.07) is 16.9. The van der Waals surface area contributed by atoms with Gasteiger partial charge in [0.05, 0.1) is 25.5 Å². The number of aryl methyl sites for hydroxylation is 1. The Bertz CT molecular complexity index is 1660. The van der Waals surface area contributed by atoms with Crippen LogP contribution in [0.2, 0.25) is 0 Å². The predicted octanol–water partition coefficient (Wildman–Crippen LogP) is 5.14. The Morgan fingerprint density at radius 2 is 1.85 bits per heavy atom. The average Bonchev–Trinajstić information content (AvgIpc) is 3.57. The Morgan fingerprint density at radius 1 is 1.10 bits per heavy atom. The van der Waals surface area contributed by atoms with Crippen molar-refractivity contribution in [3.05, 3.63) is 81.9 Å². The van der Waals surface area contributed by atoms with Crippen molar-refractivity contribution in [1.29, 1.82) is 5.26 Å². The molecule has 0 radical (unpaired) electrons. The molecule has 0 saturated carbocycles. The number of carbonyl (C=O) groups excluding carboxylic acids is 2. The predicted molar refractivity (Wildman–Crippen MR) is 154 cm³/mol. The number of benzene rings is 2. The topological polar surface area (TPSA) is 132 Å². The van der Waals surface area contributed by atoms with Gasteiger partial charge >= 0.3 is 0 Å². The normalized spacial score (nSPS) is 12.8. The fraction of sp³-hybridized carbons (Fsp3) is 0.200. The van der Waals surface area contributed by atoms with Crippen LogP contribution in [0.3, 0.4) is 0 Å². The molecule has 40 heavy (non-hydrogen) atoms. The Kier molecular flexibility index (Phi) is 7.66. The molecular formula is C30H27N5O4S. The molecule has 0 atom stereocenters. The van der Waals surface area contributed by atoms with E-state index in [1.807, 2.05) is 42.5 Å². The van der Waals surface area contributed by atoms with Gasteiger partial charge < -0.3 is 20.5 Å². The Labute approximate surface area is 235 Å². The van der Waals surface area contributed by atoms with Crippen LogP contribution in [0.25, 0.3) is 23.0 Å². The van der Waals surface area contributed by atoms with Crippen LogP contribution >= 0.6 is 11.3 Å². The molecule has 0 unspecified atom stereocenters. The molecule has 3 N–H and O–H groups in total. The average molecular weight is 554 g/mol. The molecule has 4 aromatic rings. The number of para-hydroxylation sites is 1. The van der Waals surface area contributed by atoms with Crippen molar-refractivity contribution in [2.75, 3.05) is 19.5 Å². The minimum atomic E-state index is -0.630. The lowest BCUT2D eigenvalue weighted by Gasteiger charge is -2.11. The number of amides is 2. The van der Waals surface area contributed by atoms with Crippen LogP contribution in [0.4, 0.5) is 5.00 Å². The highest BCUT2D eigenvalue weighted by atomic mass is 32.1. The molecule has 2 amide bonds. The minimum Gasteiger partial charge on any atom is -0.493 e. The van der Waals surface area contributed by atoms with Crippen LogP contribution in [-0.2, 0) is 17.6 Å². The van der Waals surface area contributed by atoms with Gasteiger partial charge in [-0.3, -0.25) is 9.59 Å². The second kappa shape index (κ2) is 11.5. The molecule has 1 aliphatic carbocycles. The van der Waals surface area contributed by atoms with Gasteiger partial charge in [0.25, 0.3) is 11.8 Å². The first-order valence-corrected chi connectivity index (χ1v) is 13.5. The zero-order chi connectivity index (χ0) is 28.2. The largest absolute Gasteiger partial charge is 0.493 e. The van der Waals surface area contributed by atoms with Gasteiger partial charge in [0.15, 0.2) is 11.5 Å². The lowest BCUT2D eigenvalue weighted by Crippen LogP contribution is -2.19. The summed E-state index contributed by atoms with van der Waals surface area (Å²) in [7, 11) is 3.10. The van der Waals surface area contributed by atoms with Gasteiger partial charge in [0.2, 0.25) is 0 Å². The first-order chi connectivity index (χ1) is 19.4. The fourth-order valence-electron chi connectivity index (χ4n) is 4.80. The first kappa shape index (κ1) is 26.7. The lowest BCUT2D eigenvalue weighted by molar-refractivity contribution is -0.112. The van der Waals surface area contributed by atoms with Crippen molar-refractivity contribution < 1.29 is 19.1 Å². The van der Waals surface area contributed by atoms with E-state index >= 15 is 0 Å². The van der Waals surface area contributed by atoms with Crippen molar-refractivity contribution in [2.45, 2.75) is 25.7 Å². The summed E-state index contributed by atoms with van der Waals surface area (Å²) in [4.78, 5) is 26.7. The van der Waals surface area contributed by atoms with Crippen LogP contribution in [-0.4, -0.2) is 35.8 Å². The number of nitriles is 1. The molecule has 2 heterocycles. The van der Waals surface area contributed by atoms with E-state index in [1.54, 1.807) is 37.2 Å². The molecule has 10 heteroatoms. The number of nitrogens with two attached hydrogens (primary N) is 1. The quantitative estimate of drug-likeness (QED) is 0.229. The van der Waals surface area contributed by atoms with Gasteiger partial charge in [0, 0.05) is 22.2 Å². The van der Waals surface area contributed by atoms with E-state index in [-0.39, 0.29) is 5.57 Å². The molecule has 2 aromatic carbocycles. The van der Waals surface area contributed by atoms with E-state index < -0.39 is 11.8 Å². The number of thiophene rings is 1. The number of rotatable bonds is 8. The van der Waals surface area contributed by atoms with Crippen molar-refractivity contribution in [3.8, 4) is 34.5 Å². The zero-order valence-electron chi connectivity index (χ0n) is 22.1. The maximum absolute atomic E-state index is 13.3. The lowest BCUT2D eigenvalue weighted by atomic mass is 9.95. The van der Waals surface area contributed by atoms with Gasteiger partial charge in [0.1, 0.15) is 22.3 Å². The van der Waals surface area contributed by atoms with E-state index in [9.17, 15) is 14.9 Å². The number of aromatic nitrogens is 2. The summed E-state index contributed by atoms with van der Waals surface area (Å²) in [5.74, 6) is -0.138. The van der Waals surface area contributed by atoms with E-state index in [4.69, 9.17) is 20.3 Å². The molecule has 5 rings (SSSR count). The van der Waals surface area contributed by atoms with Crippen LogP contribution in [0.15, 0.2) is 60.3 Å². The molecule has 2 aromatic heterocycles. The molecular weight excluding hydrogens is 526 g/mol. The summed E-state index contributed by atoms with van der Waals surface area (Å²) < 4.78 is 12.5. The maximum Gasteiger partial charge on any atom is 0.266 e. The SMILES string of the molecule is COc1ccc(-c2nn(-c3ccccc3)cc2C=C(C#N)C(=O)Nc2sc3c(c2C(N)=O)CCCC3)cc1OC. The third-order valence-corrected chi connectivity index (χ3v) is 7.94. The van der Waals surface area contributed by atoms with Crippen molar-refractivity contribution >= 4 is 34.2 Å². The number of fused-ring (bicyclic) bond motifs is 1. The fourth-order valence-corrected chi connectivity index (χ4v) is 6.09. The molecule has 0 aliphatic heterocycles. The summed E-state index contributed by atoms with van der Waals surface area (Å²) in [6.07, 6.45) is 6.81. The zero-order valence-corrected chi connectivity index (χ0v) is 22.9. The number of ether oxygens (including phenoxy) is 2. The second-order valence-electron chi connectivity index (χ2n) is 9.19. The van der Waals surface area contributed by atoms with Crippen LogP contribution in [0.1, 0.15) is 39.2 Å². The highest BCUT2D eigenvalue weighted by Crippen LogP contribution is 2.38. The number of primary amides is 1. The summed E-state index contributed by atoms with van der Waals surface area (Å²) >= 11 is 1.35. The van der Waals surface area contributed by atoms with E-state index in [2.05, 4.69) is 5.32 Å². The van der Waals surface area contributed by atoms with E-state index in [0.717, 1.165) is 41.8 Å². The number of nitrogens with zero attached hydrogens (tertiary/aromatic N) is 3. The number of methoxy groups -OCH3 is 2. The van der Waals surface area contributed by atoms with E-state index in [1.165, 1.54) is 17.4 Å². The molecule has 0 fully saturated rings. The number of hydrogen-bond acceptors (Lipinski definition) is 7. The molecule has 0 bridgehead atoms. The third-order valence-electron chi connectivity index (χ3n) is 6.73. The maximum atomic E-state index is 13.3.